The summed E-state index contributed by atoms with van der Waals surface area (Å²) in [6.45, 7) is 5.73. The number of halogens is 2. The van der Waals surface area contributed by atoms with Crippen LogP contribution in [-0.2, 0) is 6.54 Å². The zero-order valence-corrected chi connectivity index (χ0v) is 12.7. The average Bonchev–Trinajstić information content (AvgIpc) is 2.90. The predicted octanol–water partition coefficient (Wildman–Crippen LogP) is 3.63. The lowest BCUT2D eigenvalue weighted by molar-refractivity contribution is 0.194. The van der Waals surface area contributed by atoms with Crippen LogP contribution in [-0.4, -0.2) is 31.1 Å². The normalized spacial score (nSPS) is 23.9. The molecule has 1 spiro atoms. The summed E-state index contributed by atoms with van der Waals surface area (Å²) in [6, 6.07) is 0. The highest BCUT2D eigenvalue weighted by Crippen LogP contribution is 2.40. The Balaban J connectivity index is 1.64. The van der Waals surface area contributed by atoms with Gasteiger partial charge in [0.25, 0.3) is 0 Å². The van der Waals surface area contributed by atoms with E-state index in [0.717, 1.165) is 15.9 Å². The molecule has 0 aliphatic carbocycles. The number of hydrogen-bond acceptors (Lipinski definition) is 3. The maximum absolute atomic E-state index is 6.21. The topological polar surface area (TPSA) is 15.3 Å². The number of likely N-dealkylation sites (tertiary alicyclic amines) is 1. The number of rotatable bonds is 2. The van der Waals surface area contributed by atoms with Gasteiger partial charge in [-0.25, -0.2) is 0 Å². The Morgan fingerprint density at radius 3 is 2.72 bits per heavy atom. The highest BCUT2D eigenvalue weighted by Gasteiger charge is 2.38. The van der Waals surface area contributed by atoms with Crippen LogP contribution >= 0.6 is 34.5 Å². The fraction of sp³-hybridized carbons (Fsp3) is 0.692. The second-order valence-corrected chi connectivity index (χ2v) is 7.42. The zero-order valence-electron chi connectivity index (χ0n) is 10.3. The Bertz CT molecular complexity index is 427. The maximum Gasteiger partial charge on any atom is 0.112 e. The Labute approximate surface area is 122 Å². The summed E-state index contributed by atoms with van der Waals surface area (Å²) in [5, 5.41) is 6.31. The summed E-state index contributed by atoms with van der Waals surface area (Å²) >= 11 is 13.8. The third-order valence-corrected chi connectivity index (χ3v) is 6.24. The number of nitrogens with zero attached hydrogens (tertiary/aromatic N) is 1. The zero-order chi connectivity index (χ0) is 12.6. The molecule has 0 radical (unpaired) electrons. The van der Waals surface area contributed by atoms with Crippen molar-refractivity contribution in [2.45, 2.75) is 25.8 Å². The molecule has 1 aromatic rings. The SMILES string of the molecule is Clc1scc(CN2CCC3(CCNCC3)C2)c1Cl. The molecular weight excluding hydrogens is 287 g/mol. The van der Waals surface area contributed by atoms with E-state index >= 15 is 0 Å². The Morgan fingerprint density at radius 2 is 2.06 bits per heavy atom. The lowest BCUT2D eigenvalue weighted by atomic mass is 9.78. The van der Waals surface area contributed by atoms with Crippen molar-refractivity contribution < 1.29 is 0 Å². The van der Waals surface area contributed by atoms with E-state index in [1.54, 1.807) is 0 Å². The molecular formula is C13H18Cl2N2S. The molecule has 2 saturated heterocycles. The first-order chi connectivity index (χ1) is 8.69. The van der Waals surface area contributed by atoms with Gasteiger partial charge < -0.3 is 5.32 Å². The molecule has 0 amide bonds. The van der Waals surface area contributed by atoms with E-state index in [-0.39, 0.29) is 0 Å². The van der Waals surface area contributed by atoms with Gasteiger partial charge in [0.1, 0.15) is 4.34 Å². The van der Waals surface area contributed by atoms with Crippen molar-refractivity contribution in [1.82, 2.24) is 10.2 Å². The molecule has 18 heavy (non-hydrogen) atoms. The molecule has 3 rings (SSSR count). The minimum atomic E-state index is 0.567. The second kappa shape index (κ2) is 5.29. The van der Waals surface area contributed by atoms with Crippen LogP contribution in [0.1, 0.15) is 24.8 Å². The third kappa shape index (κ3) is 2.56. The van der Waals surface area contributed by atoms with Gasteiger partial charge in [0.15, 0.2) is 0 Å². The van der Waals surface area contributed by atoms with Gasteiger partial charge in [-0.1, -0.05) is 23.2 Å². The van der Waals surface area contributed by atoms with Crippen LogP contribution in [0.25, 0.3) is 0 Å². The van der Waals surface area contributed by atoms with E-state index in [9.17, 15) is 0 Å². The maximum atomic E-state index is 6.21. The summed E-state index contributed by atoms with van der Waals surface area (Å²) in [7, 11) is 0. The standard InChI is InChI=1S/C13H18Cl2N2S/c14-11-10(8-18-12(11)15)7-17-6-3-13(9-17)1-4-16-5-2-13/h8,16H,1-7,9H2. The minimum Gasteiger partial charge on any atom is -0.317 e. The van der Waals surface area contributed by atoms with E-state index in [4.69, 9.17) is 23.2 Å². The van der Waals surface area contributed by atoms with E-state index in [0.29, 0.717) is 5.41 Å². The van der Waals surface area contributed by atoms with Crippen molar-refractivity contribution in [3.63, 3.8) is 0 Å². The van der Waals surface area contributed by atoms with Crippen LogP contribution in [0.5, 0.6) is 0 Å². The van der Waals surface area contributed by atoms with Crippen LogP contribution in [0.15, 0.2) is 5.38 Å². The van der Waals surface area contributed by atoms with Gasteiger partial charge in [0.05, 0.1) is 5.02 Å². The van der Waals surface area contributed by atoms with Gasteiger partial charge >= 0.3 is 0 Å². The summed E-state index contributed by atoms with van der Waals surface area (Å²) < 4.78 is 0.724. The van der Waals surface area contributed by atoms with Crippen molar-refractivity contribution >= 4 is 34.5 Å². The summed E-state index contributed by atoms with van der Waals surface area (Å²) in [6.07, 6.45) is 3.98. The first kappa shape index (κ1) is 13.2. The van der Waals surface area contributed by atoms with Crippen molar-refractivity contribution in [3.8, 4) is 0 Å². The highest BCUT2D eigenvalue weighted by atomic mass is 35.5. The predicted molar refractivity (Wildman–Crippen MR) is 78.8 cm³/mol. The van der Waals surface area contributed by atoms with Gasteiger partial charge in [-0.3, -0.25) is 4.90 Å². The summed E-state index contributed by atoms with van der Waals surface area (Å²) in [5.41, 5.74) is 1.76. The molecule has 2 fully saturated rings. The minimum absolute atomic E-state index is 0.567. The molecule has 5 heteroatoms. The third-order valence-electron chi connectivity index (χ3n) is 4.33. The summed E-state index contributed by atoms with van der Waals surface area (Å²) in [5.74, 6) is 0. The Hall–Kier alpha value is 0.200. The van der Waals surface area contributed by atoms with E-state index < -0.39 is 0 Å². The fourth-order valence-electron chi connectivity index (χ4n) is 3.23. The molecule has 3 heterocycles. The molecule has 0 aromatic carbocycles. The first-order valence-electron chi connectivity index (χ1n) is 6.53. The van der Waals surface area contributed by atoms with Gasteiger partial charge in [-0.2, -0.15) is 0 Å². The molecule has 2 nitrogen and oxygen atoms in total. The quantitative estimate of drug-likeness (QED) is 0.897. The number of nitrogens with one attached hydrogen (secondary N) is 1. The van der Waals surface area contributed by atoms with Gasteiger partial charge in [0.2, 0.25) is 0 Å². The molecule has 100 valence electrons. The fourth-order valence-corrected chi connectivity index (χ4v) is 4.47. The monoisotopic (exact) mass is 304 g/mol. The van der Waals surface area contributed by atoms with E-state index in [1.807, 2.05) is 0 Å². The van der Waals surface area contributed by atoms with Gasteiger partial charge in [-0.15, -0.1) is 11.3 Å². The molecule has 0 saturated carbocycles. The van der Waals surface area contributed by atoms with Crippen LogP contribution in [0.3, 0.4) is 0 Å². The Morgan fingerprint density at radius 1 is 1.28 bits per heavy atom. The number of hydrogen-bond donors (Lipinski definition) is 1. The molecule has 0 atom stereocenters. The first-order valence-corrected chi connectivity index (χ1v) is 8.17. The Kier molecular flexibility index (Phi) is 3.88. The largest absolute Gasteiger partial charge is 0.317 e. The summed E-state index contributed by atoms with van der Waals surface area (Å²) in [4.78, 5) is 2.54. The van der Waals surface area contributed by atoms with Gasteiger partial charge in [-0.05, 0) is 55.3 Å². The molecule has 2 aliphatic heterocycles. The van der Waals surface area contributed by atoms with E-state index in [1.165, 1.54) is 62.3 Å². The van der Waals surface area contributed by atoms with E-state index in [2.05, 4.69) is 15.6 Å². The lowest BCUT2D eigenvalue weighted by Gasteiger charge is -2.33. The van der Waals surface area contributed by atoms with Crippen molar-refractivity contribution in [2.24, 2.45) is 5.41 Å². The van der Waals surface area contributed by atoms with Gasteiger partial charge in [0, 0.05) is 13.1 Å². The van der Waals surface area contributed by atoms with Crippen molar-refractivity contribution in [2.75, 3.05) is 26.2 Å². The van der Waals surface area contributed by atoms with Crippen molar-refractivity contribution in [1.29, 1.82) is 0 Å². The van der Waals surface area contributed by atoms with Crippen LogP contribution in [0, 0.1) is 5.41 Å². The molecule has 2 aliphatic rings. The number of thiophene rings is 1. The van der Waals surface area contributed by atoms with Crippen molar-refractivity contribution in [3.05, 3.63) is 20.3 Å². The average molecular weight is 305 g/mol. The molecule has 1 aromatic heterocycles. The number of piperidine rings is 1. The highest BCUT2D eigenvalue weighted by molar-refractivity contribution is 7.15. The smallest absolute Gasteiger partial charge is 0.112 e. The molecule has 0 bridgehead atoms. The second-order valence-electron chi connectivity index (χ2n) is 5.56. The molecule has 0 unspecified atom stereocenters. The molecule has 1 N–H and O–H groups in total. The lowest BCUT2D eigenvalue weighted by Crippen LogP contribution is -2.38. The van der Waals surface area contributed by atoms with Crippen LogP contribution < -0.4 is 5.32 Å². The van der Waals surface area contributed by atoms with Crippen LogP contribution in [0.2, 0.25) is 9.36 Å². The van der Waals surface area contributed by atoms with Crippen LogP contribution in [0.4, 0.5) is 0 Å².